The maximum atomic E-state index is 13.4. The summed E-state index contributed by atoms with van der Waals surface area (Å²) in [6, 6.07) is 7.81. The second-order valence-corrected chi connectivity index (χ2v) is 3.31. The molecule has 0 spiro atoms. The number of benzene rings is 1. The van der Waals surface area contributed by atoms with Crippen molar-refractivity contribution < 1.29 is 9.18 Å². The Bertz CT molecular complexity index is 417. The zero-order chi connectivity index (χ0) is 12.0. The van der Waals surface area contributed by atoms with Crippen molar-refractivity contribution in [3.63, 3.8) is 0 Å². The zero-order valence-corrected chi connectivity index (χ0v) is 9.25. The lowest BCUT2D eigenvalue weighted by atomic mass is 10.2. The molecular weight excluding hydrogens is 231 g/mol. The monoisotopic (exact) mass is 240 g/mol. The van der Waals surface area contributed by atoms with Crippen molar-refractivity contribution in [3.8, 4) is 6.07 Å². The maximum Gasteiger partial charge on any atom is 0.242 e. The summed E-state index contributed by atoms with van der Waals surface area (Å²) in [5.74, 6) is -1.15. The molecule has 5 heteroatoms. The largest absolute Gasteiger partial charge is 0.308 e. The third-order valence-electron chi connectivity index (χ3n) is 2.01. The Morgan fingerprint density at radius 3 is 2.75 bits per heavy atom. The molecule has 16 heavy (non-hydrogen) atoms. The minimum Gasteiger partial charge on any atom is -0.308 e. The van der Waals surface area contributed by atoms with Gasteiger partial charge in [0, 0.05) is 6.54 Å². The number of anilines is 1. The summed E-state index contributed by atoms with van der Waals surface area (Å²) in [7, 11) is 0. The molecular formula is C11H10ClFN2O. The molecule has 1 aromatic rings. The first-order valence-electron chi connectivity index (χ1n) is 4.68. The van der Waals surface area contributed by atoms with Gasteiger partial charge in [-0.25, -0.2) is 4.39 Å². The van der Waals surface area contributed by atoms with Gasteiger partial charge in [0.2, 0.25) is 5.91 Å². The van der Waals surface area contributed by atoms with Gasteiger partial charge in [-0.2, -0.15) is 5.26 Å². The molecule has 1 amide bonds. The number of carbonyl (C=O) groups is 1. The Hall–Kier alpha value is -1.60. The number of para-hydroxylation sites is 1. The van der Waals surface area contributed by atoms with E-state index in [1.807, 2.05) is 6.07 Å². The van der Waals surface area contributed by atoms with E-state index in [1.165, 1.54) is 23.1 Å². The highest BCUT2D eigenvalue weighted by Crippen LogP contribution is 2.19. The van der Waals surface area contributed by atoms with Gasteiger partial charge in [-0.1, -0.05) is 12.1 Å². The average molecular weight is 241 g/mol. The van der Waals surface area contributed by atoms with Crippen LogP contribution in [0.3, 0.4) is 0 Å². The van der Waals surface area contributed by atoms with Gasteiger partial charge in [0.1, 0.15) is 11.7 Å². The zero-order valence-electron chi connectivity index (χ0n) is 8.49. The lowest BCUT2D eigenvalue weighted by Gasteiger charge is -2.21. The van der Waals surface area contributed by atoms with Crippen molar-refractivity contribution in [1.29, 1.82) is 5.26 Å². The standard InChI is InChI=1S/C11H10ClFN2O/c12-8-11(16)15(7-3-6-14)10-5-2-1-4-9(10)13/h1-2,4-5H,3,7-8H2. The fraction of sp³-hybridized carbons (Fsp3) is 0.273. The van der Waals surface area contributed by atoms with Crippen molar-refractivity contribution in [2.45, 2.75) is 6.42 Å². The Balaban J connectivity index is 2.97. The molecule has 0 aliphatic rings. The normalized spacial score (nSPS) is 9.56. The molecule has 0 unspecified atom stereocenters. The van der Waals surface area contributed by atoms with Gasteiger partial charge in [-0.15, -0.1) is 11.6 Å². The minimum absolute atomic E-state index is 0.136. The van der Waals surface area contributed by atoms with Crippen LogP contribution in [-0.2, 0) is 4.79 Å². The molecule has 1 aromatic carbocycles. The van der Waals surface area contributed by atoms with Gasteiger partial charge >= 0.3 is 0 Å². The third kappa shape index (κ3) is 2.94. The van der Waals surface area contributed by atoms with Crippen LogP contribution in [0.2, 0.25) is 0 Å². The fourth-order valence-electron chi connectivity index (χ4n) is 1.28. The van der Waals surface area contributed by atoms with Crippen LogP contribution in [0.5, 0.6) is 0 Å². The topological polar surface area (TPSA) is 44.1 Å². The molecule has 0 saturated carbocycles. The number of nitrogens with zero attached hydrogens (tertiary/aromatic N) is 2. The molecule has 0 radical (unpaired) electrons. The van der Waals surface area contributed by atoms with E-state index >= 15 is 0 Å². The molecule has 0 saturated heterocycles. The molecule has 1 rings (SSSR count). The number of hydrogen-bond donors (Lipinski definition) is 0. The third-order valence-corrected chi connectivity index (χ3v) is 2.23. The number of nitriles is 1. The molecule has 84 valence electrons. The summed E-state index contributed by atoms with van der Waals surface area (Å²) in [6.45, 7) is 0.142. The number of halogens is 2. The minimum atomic E-state index is -0.501. The van der Waals surface area contributed by atoms with E-state index in [0.29, 0.717) is 0 Å². The predicted molar refractivity (Wildman–Crippen MR) is 59.7 cm³/mol. The van der Waals surface area contributed by atoms with E-state index in [9.17, 15) is 9.18 Å². The van der Waals surface area contributed by atoms with Crippen LogP contribution in [0.4, 0.5) is 10.1 Å². The van der Waals surface area contributed by atoms with Crippen molar-refractivity contribution in [1.82, 2.24) is 0 Å². The van der Waals surface area contributed by atoms with E-state index in [2.05, 4.69) is 0 Å². The van der Waals surface area contributed by atoms with Gasteiger partial charge < -0.3 is 4.90 Å². The summed E-state index contributed by atoms with van der Waals surface area (Å²) < 4.78 is 13.4. The fourth-order valence-corrected chi connectivity index (χ4v) is 1.43. The number of alkyl halides is 1. The van der Waals surface area contributed by atoms with Crippen LogP contribution >= 0.6 is 11.6 Å². The molecule has 0 aromatic heterocycles. The molecule has 0 N–H and O–H groups in total. The lowest BCUT2D eigenvalue weighted by molar-refractivity contribution is -0.116. The van der Waals surface area contributed by atoms with E-state index in [0.717, 1.165) is 0 Å². The number of rotatable bonds is 4. The van der Waals surface area contributed by atoms with Gasteiger partial charge in [-0.05, 0) is 12.1 Å². The first-order chi connectivity index (χ1) is 7.70. The van der Waals surface area contributed by atoms with Gasteiger partial charge in [0.05, 0.1) is 18.2 Å². The van der Waals surface area contributed by atoms with Crippen LogP contribution in [0.15, 0.2) is 24.3 Å². The highest BCUT2D eigenvalue weighted by molar-refractivity contribution is 6.29. The van der Waals surface area contributed by atoms with Crippen molar-refractivity contribution in [2.75, 3.05) is 17.3 Å². The molecule has 3 nitrogen and oxygen atoms in total. The van der Waals surface area contributed by atoms with E-state index in [1.54, 1.807) is 6.07 Å². The van der Waals surface area contributed by atoms with Gasteiger partial charge in [0.15, 0.2) is 0 Å². The lowest BCUT2D eigenvalue weighted by Crippen LogP contribution is -2.33. The van der Waals surface area contributed by atoms with Crippen LogP contribution < -0.4 is 4.90 Å². The second kappa shape index (κ2) is 6.09. The van der Waals surface area contributed by atoms with Crippen LogP contribution in [-0.4, -0.2) is 18.3 Å². The Kier molecular flexibility index (Phi) is 4.74. The maximum absolute atomic E-state index is 13.4. The average Bonchev–Trinajstić information content (AvgIpc) is 2.31. The summed E-state index contributed by atoms with van der Waals surface area (Å²) in [6.07, 6.45) is 0.136. The Labute approximate surface area is 98.0 Å². The first-order valence-corrected chi connectivity index (χ1v) is 5.22. The van der Waals surface area contributed by atoms with Crippen LogP contribution in [0.1, 0.15) is 6.42 Å². The predicted octanol–water partition coefficient (Wildman–Crippen LogP) is 2.31. The SMILES string of the molecule is N#CCCN(C(=O)CCl)c1ccccc1F. The molecule has 0 heterocycles. The summed E-state index contributed by atoms with van der Waals surface area (Å²) in [5, 5.41) is 8.47. The van der Waals surface area contributed by atoms with Crippen molar-refractivity contribution in [2.24, 2.45) is 0 Å². The Morgan fingerprint density at radius 1 is 1.50 bits per heavy atom. The molecule has 0 fully saturated rings. The second-order valence-electron chi connectivity index (χ2n) is 3.04. The van der Waals surface area contributed by atoms with Crippen LogP contribution in [0.25, 0.3) is 0 Å². The quantitative estimate of drug-likeness (QED) is 0.758. The summed E-state index contributed by atoms with van der Waals surface area (Å²) in [5.41, 5.74) is 0.156. The van der Waals surface area contributed by atoms with E-state index in [4.69, 9.17) is 16.9 Å². The Morgan fingerprint density at radius 2 is 2.19 bits per heavy atom. The first kappa shape index (κ1) is 12.5. The number of amides is 1. The van der Waals surface area contributed by atoms with E-state index < -0.39 is 11.7 Å². The highest BCUT2D eigenvalue weighted by atomic mass is 35.5. The summed E-state index contributed by atoms with van der Waals surface area (Å²) in [4.78, 5) is 12.7. The van der Waals surface area contributed by atoms with Gasteiger partial charge in [-0.3, -0.25) is 4.79 Å². The highest BCUT2D eigenvalue weighted by Gasteiger charge is 2.17. The number of hydrogen-bond acceptors (Lipinski definition) is 2. The summed E-state index contributed by atoms with van der Waals surface area (Å²) >= 11 is 5.43. The van der Waals surface area contributed by atoms with Crippen LogP contribution in [0, 0.1) is 17.1 Å². The van der Waals surface area contributed by atoms with Crippen molar-refractivity contribution in [3.05, 3.63) is 30.1 Å². The van der Waals surface area contributed by atoms with Gasteiger partial charge in [0.25, 0.3) is 0 Å². The molecule has 0 aliphatic heterocycles. The molecule has 0 atom stereocenters. The smallest absolute Gasteiger partial charge is 0.242 e. The molecule has 0 bridgehead atoms. The van der Waals surface area contributed by atoms with E-state index in [-0.39, 0.29) is 24.5 Å². The van der Waals surface area contributed by atoms with Crippen molar-refractivity contribution >= 4 is 23.2 Å². The number of carbonyl (C=O) groups excluding carboxylic acids is 1. The molecule has 0 aliphatic carbocycles.